The van der Waals surface area contributed by atoms with Gasteiger partial charge >= 0.3 is 0 Å². The molecule has 1 aromatic carbocycles. The number of hydrogen-bond acceptors (Lipinski definition) is 3. The minimum atomic E-state index is -0.106. The van der Waals surface area contributed by atoms with E-state index in [1.807, 2.05) is 54.9 Å². The minimum Gasteiger partial charge on any atom is -0.494 e. The van der Waals surface area contributed by atoms with Gasteiger partial charge in [0.05, 0.1) is 18.3 Å². The summed E-state index contributed by atoms with van der Waals surface area (Å²) < 4.78 is 7.33. The van der Waals surface area contributed by atoms with Crippen molar-refractivity contribution in [2.75, 3.05) is 6.61 Å². The Balaban J connectivity index is 1.73. The van der Waals surface area contributed by atoms with E-state index in [2.05, 4.69) is 10.3 Å². The third-order valence-corrected chi connectivity index (χ3v) is 3.74. The van der Waals surface area contributed by atoms with Crippen LogP contribution in [0.5, 0.6) is 5.75 Å². The highest BCUT2D eigenvalue weighted by Crippen LogP contribution is 2.17. The molecule has 0 saturated heterocycles. The maximum Gasteiger partial charge on any atom is 0.268 e. The van der Waals surface area contributed by atoms with Crippen molar-refractivity contribution in [3.05, 3.63) is 60.0 Å². The topological polar surface area (TPSA) is 56.1 Å². The molecule has 1 N–H and O–H groups in total. The molecule has 0 saturated carbocycles. The van der Waals surface area contributed by atoms with E-state index in [1.165, 1.54) is 0 Å². The lowest BCUT2D eigenvalue weighted by Crippen LogP contribution is -2.24. The summed E-state index contributed by atoms with van der Waals surface area (Å²) in [4.78, 5) is 16.5. The lowest BCUT2D eigenvalue weighted by Gasteiger charge is -2.08. The summed E-state index contributed by atoms with van der Waals surface area (Å²) in [5.41, 5.74) is 2.56. The number of fused-ring (bicyclic) bond motifs is 1. The van der Waals surface area contributed by atoms with Crippen LogP contribution in [0.1, 0.15) is 23.0 Å². The van der Waals surface area contributed by atoms with Crippen LogP contribution in [-0.4, -0.2) is 22.1 Å². The summed E-state index contributed by atoms with van der Waals surface area (Å²) in [5, 5.41) is 3.96. The van der Waals surface area contributed by atoms with Crippen molar-refractivity contribution in [2.45, 2.75) is 13.5 Å². The first-order chi connectivity index (χ1) is 11.2. The normalized spacial score (nSPS) is 10.7. The highest BCUT2D eigenvalue weighted by Gasteiger charge is 2.13. The van der Waals surface area contributed by atoms with Gasteiger partial charge in [-0.2, -0.15) is 0 Å². The van der Waals surface area contributed by atoms with Crippen LogP contribution in [0, 0.1) is 0 Å². The third-order valence-electron chi connectivity index (χ3n) is 3.74. The van der Waals surface area contributed by atoms with Gasteiger partial charge < -0.3 is 14.6 Å². The number of aromatic nitrogens is 2. The number of benzene rings is 1. The molecule has 0 aliphatic rings. The van der Waals surface area contributed by atoms with E-state index < -0.39 is 0 Å². The van der Waals surface area contributed by atoms with E-state index in [0.29, 0.717) is 18.8 Å². The summed E-state index contributed by atoms with van der Waals surface area (Å²) in [6.07, 6.45) is 3.49. The number of ether oxygens (including phenoxy) is 1. The lowest BCUT2D eigenvalue weighted by atomic mass is 10.2. The molecule has 0 fully saturated rings. The second-order valence-electron chi connectivity index (χ2n) is 5.29. The van der Waals surface area contributed by atoms with E-state index in [0.717, 1.165) is 22.2 Å². The Morgan fingerprint density at radius 3 is 2.96 bits per heavy atom. The van der Waals surface area contributed by atoms with Crippen molar-refractivity contribution in [3.63, 3.8) is 0 Å². The molecular formula is C18H19N3O2. The Hall–Kier alpha value is -2.82. The lowest BCUT2D eigenvalue weighted by molar-refractivity contribution is 0.0943. The molecule has 118 valence electrons. The second kappa shape index (κ2) is 6.52. The van der Waals surface area contributed by atoms with Crippen LogP contribution in [-0.2, 0) is 13.6 Å². The number of aryl methyl sites for hydroxylation is 1. The van der Waals surface area contributed by atoms with Crippen molar-refractivity contribution in [3.8, 4) is 5.75 Å². The average molecular weight is 309 g/mol. The molecule has 0 bridgehead atoms. The Morgan fingerprint density at radius 2 is 2.17 bits per heavy atom. The number of carbonyl (C=O) groups is 1. The van der Waals surface area contributed by atoms with Crippen LogP contribution in [0.2, 0.25) is 0 Å². The van der Waals surface area contributed by atoms with E-state index in [-0.39, 0.29) is 5.91 Å². The maximum absolute atomic E-state index is 12.4. The van der Waals surface area contributed by atoms with E-state index in [9.17, 15) is 4.79 Å². The first-order valence-electron chi connectivity index (χ1n) is 7.58. The molecule has 0 unspecified atom stereocenters. The smallest absolute Gasteiger partial charge is 0.268 e. The molecule has 0 radical (unpaired) electrons. The van der Waals surface area contributed by atoms with E-state index in [4.69, 9.17) is 4.74 Å². The summed E-state index contributed by atoms with van der Waals surface area (Å²) in [6, 6.07) is 11.5. The van der Waals surface area contributed by atoms with Gasteiger partial charge in [0.2, 0.25) is 0 Å². The molecule has 2 aromatic heterocycles. The van der Waals surface area contributed by atoms with Gasteiger partial charge in [-0.1, -0.05) is 12.1 Å². The van der Waals surface area contributed by atoms with Crippen molar-refractivity contribution in [1.29, 1.82) is 0 Å². The molecule has 2 heterocycles. The Morgan fingerprint density at radius 1 is 1.30 bits per heavy atom. The number of nitrogens with zero attached hydrogens (tertiary/aromatic N) is 2. The first-order valence-corrected chi connectivity index (χ1v) is 7.58. The molecule has 0 spiro atoms. The number of pyridine rings is 1. The van der Waals surface area contributed by atoms with Crippen LogP contribution in [0.15, 0.2) is 48.8 Å². The van der Waals surface area contributed by atoms with Gasteiger partial charge in [0.1, 0.15) is 11.4 Å². The quantitative estimate of drug-likeness (QED) is 0.788. The fourth-order valence-electron chi connectivity index (χ4n) is 2.58. The summed E-state index contributed by atoms with van der Waals surface area (Å²) in [7, 11) is 1.87. The molecule has 0 aliphatic heterocycles. The molecule has 3 rings (SSSR count). The molecule has 3 aromatic rings. The second-order valence-corrected chi connectivity index (χ2v) is 5.29. The van der Waals surface area contributed by atoms with Crippen LogP contribution < -0.4 is 10.1 Å². The molecule has 1 amide bonds. The summed E-state index contributed by atoms with van der Waals surface area (Å²) in [5.74, 6) is 0.709. The Labute approximate surface area is 134 Å². The molecular weight excluding hydrogens is 290 g/mol. The summed E-state index contributed by atoms with van der Waals surface area (Å²) in [6.45, 7) is 3.03. The molecule has 0 atom stereocenters. The minimum absolute atomic E-state index is 0.106. The summed E-state index contributed by atoms with van der Waals surface area (Å²) >= 11 is 0. The Kier molecular flexibility index (Phi) is 4.28. The first kappa shape index (κ1) is 15.1. The van der Waals surface area contributed by atoms with Gasteiger partial charge in [-0.05, 0) is 36.8 Å². The van der Waals surface area contributed by atoms with Crippen LogP contribution in [0.4, 0.5) is 0 Å². The predicted molar refractivity (Wildman–Crippen MR) is 89.5 cm³/mol. The van der Waals surface area contributed by atoms with Gasteiger partial charge in [0.15, 0.2) is 0 Å². The molecule has 5 heteroatoms. The third kappa shape index (κ3) is 3.18. The number of amides is 1. The molecule has 5 nitrogen and oxygen atoms in total. The van der Waals surface area contributed by atoms with Gasteiger partial charge in [-0.25, -0.2) is 0 Å². The average Bonchev–Trinajstić information content (AvgIpc) is 2.91. The zero-order chi connectivity index (χ0) is 16.2. The molecule has 0 aliphatic carbocycles. The van der Waals surface area contributed by atoms with Crippen molar-refractivity contribution >= 4 is 16.8 Å². The highest BCUT2D eigenvalue weighted by molar-refractivity contribution is 5.98. The zero-order valence-corrected chi connectivity index (χ0v) is 13.2. The fourth-order valence-corrected chi connectivity index (χ4v) is 2.58. The van der Waals surface area contributed by atoms with Crippen molar-refractivity contribution in [1.82, 2.24) is 14.9 Å². The van der Waals surface area contributed by atoms with Gasteiger partial charge in [-0.15, -0.1) is 0 Å². The number of hydrogen-bond donors (Lipinski definition) is 1. The Bertz CT molecular complexity index is 839. The predicted octanol–water partition coefficient (Wildman–Crippen LogP) is 2.90. The van der Waals surface area contributed by atoms with Gasteiger partial charge in [0.25, 0.3) is 5.91 Å². The van der Waals surface area contributed by atoms with Crippen molar-refractivity contribution in [2.24, 2.45) is 7.05 Å². The number of nitrogens with one attached hydrogen (secondary N) is 1. The van der Waals surface area contributed by atoms with Crippen LogP contribution >= 0.6 is 0 Å². The SMILES string of the molecule is CCOc1cccc(CNC(=O)c2cc3ccncc3n2C)c1. The highest BCUT2D eigenvalue weighted by atomic mass is 16.5. The standard InChI is InChI=1S/C18H19N3O2/c1-3-23-15-6-4-5-13(9-15)11-20-18(22)16-10-14-7-8-19-12-17(14)21(16)2/h4-10,12H,3,11H2,1-2H3,(H,20,22). The number of rotatable bonds is 5. The monoisotopic (exact) mass is 309 g/mol. The number of carbonyl (C=O) groups excluding carboxylic acids is 1. The van der Waals surface area contributed by atoms with Crippen molar-refractivity contribution < 1.29 is 9.53 Å². The van der Waals surface area contributed by atoms with E-state index >= 15 is 0 Å². The largest absolute Gasteiger partial charge is 0.494 e. The zero-order valence-electron chi connectivity index (χ0n) is 13.2. The molecule has 23 heavy (non-hydrogen) atoms. The van der Waals surface area contributed by atoms with E-state index in [1.54, 1.807) is 12.4 Å². The van der Waals surface area contributed by atoms with Gasteiger partial charge in [0, 0.05) is 25.2 Å². The fraction of sp³-hybridized carbons (Fsp3) is 0.222. The van der Waals surface area contributed by atoms with Gasteiger partial charge in [-0.3, -0.25) is 9.78 Å². The maximum atomic E-state index is 12.4. The van der Waals surface area contributed by atoms with Crippen LogP contribution in [0.25, 0.3) is 10.9 Å². The van der Waals surface area contributed by atoms with Crippen LogP contribution in [0.3, 0.4) is 0 Å².